The van der Waals surface area contributed by atoms with Gasteiger partial charge in [-0.2, -0.15) is 0 Å². The molecule has 1 aromatic rings. The number of carbonyl (C=O) groups is 1. The van der Waals surface area contributed by atoms with Crippen LogP contribution in [-0.4, -0.2) is 61.3 Å². The number of benzene rings is 1. The Morgan fingerprint density at radius 3 is 2.46 bits per heavy atom. The van der Waals surface area contributed by atoms with Crippen molar-refractivity contribution in [1.82, 2.24) is 15.1 Å². The van der Waals surface area contributed by atoms with Gasteiger partial charge in [-0.25, -0.2) is 0 Å². The topological polar surface area (TPSA) is 54.0 Å². The summed E-state index contributed by atoms with van der Waals surface area (Å²) in [5.74, 6) is 1.93. The van der Waals surface area contributed by atoms with Gasteiger partial charge in [-0.1, -0.05) is 31.7 Å². The average Bonchev–Trinajstić information content (AvgIpc) is 3.03. The normalized spacial score (nSPS) is 21.4. The van der Waals surface area contributed by atoms with Gasteiger partial charge < -0.3 is 19.7 Å². The molecular weight excluding hydrogens is 354 g/mol. The lowest BCUT2D eigenvalue weighted by molar-refractivity contribution is -0.122. The molecule has 1 saturated carbocycles. The van der Waals surface area contributed by atoms with Crippen LogP contribution in [-0.2, 0) is 11.3 Å². The van der Waals surface area contributed by atoms with Crippen molar-refractivity contribution in [1.29, 1.82) is 0 Å². The zero-order valence-corrected chi connectivity index (χ0v) is 16.8. The van der Waals surface area contributed by atoms with E-state index in [0.29, 0.717) is 19.3 Å². The first-order chi connectivity index (χ1) is 13.8. The largest absolute Gasteiger partial charge is 0.454 e. The number of amides is 1. The summed E-state index contributed by atoms with van der Waals surface area (Å²) >= 11 is 0. The van der Waals surface area contributed by atoms with Crippen molar-refractivity contribution in [3.8, 4) is 11.5 Å². The predicted molar refractivity (Wildman–Crippen MR) is 109 cm³/mol. The highest BCUT2D eigenvalue weighted by Crippen LogP contribution is 2.32. The van der Waals surface area contributed by atoms with Gasteiger partial charge in [0.2, 0.25) is 12.7 Å². The van der Waals surface area contributed by atoms with Gasteiger partial charge in [0.25, 0.3) is 0 Å². The Balaban J connectivity index is 1.15. The second-order valence-electron chi connectivity index (χ2n) is 8.31. The molecule has 6 heteroatoms. The van der Waals surface area contributed by atoms with Gasteiger partial charge in [-0.3, -0.25) is 9.69 Å². The number of piperazine rings is 1. The van der Waals surface area contributed by atoms with E-state index in [2.05, 4.69) is 27.2 Å². The van der Waals surface area contributed by atoms with Crippen LogP contribution < -0.4 is 14.8 Å². The minimum atomic E-state index is 0.231. The minimum absolute atomic E-state index is 0.231. The first-order valence-electron chi connectivity index (χ1n) is 10.9. The molecule has 0 atom stereocenters. The van der Waals surface area contributed by atoms with Crippen LogP contribution in [0, 0.1) is 0 Å². The molecule has 0 aromatic heterocycles. The summed E-state index contributed by atoms with van der Waals surface area (Å²) in [7, 11) is 0. The number of hydrogen-bond acceptors (Lipinski definition) is 5. The second kappa shape index (κ2) is 9.61. The van der Waals surface area contributed by atoms with E-state index in [0.717, 1.165) is 63.6 Å². The number of nitrogens with zero attached hydrogens (tertiary/aromatic N) is 2. The summed E-state index contributed by atoms with van der Waals surface area (Å²) in [6.45, 7) is 6.27. The molecule has 28 heavy (non-hydrogen) atoms. The highest BCUT2D eigenvalue weighted by molar-refractivity contribution is 5.76. The highest BCUT2D eigenvalue weighted by atomic mass is 16.7. The van der Waals surface area contributed by atoms with Gasteiger partial charge in [0.1, 0.15) is 0 Å². The van der Waals surface area contributed by atoms with Crippen LogP contribution in [0.15, 0.2) is 18.2 Å². The Kier molecular flexibility index (Phi) is 6.70. The molecule has 1 saturated heterocycles. The molecule has 6 nitrogen and oxygen atoms in total. The van der Waals surface area contributed by atoms with E-state index in [1.807, 2.05) is 6.07 Å². The molecular formula is C22H33N3O3. The van der Waals surface area contributed by atoms with Crippen LogP contribution in [0.5, 0.6) is 11.5 Å². The van der Waals surface area contributed by atoms with Gasteiger partial charge >= 0.3 is 0 Å². The van der Waals surface area contributed by atoms with Crippen LogP contribution >= 0.6 is 0 Å². The lowest BCUT2D eigenvalue weighted by atomic mass is 10.1. The smallest absolute Gasteiger partial charge is 0.231 e. The predicted octanol–water partition coefficient (Wildman–Crippen LogP) is 2.76. The lowest BCUT2D eigenvalue weighted by Gasteiger charge is -2.34. The molecule has 1 aromatic carbocycles. The molecule has 4 rings (SSSR count). The fraction of sp³-hybridized carbons (Fsp3) is 0.682. The Bertz CT molecular complexity index is 650. The molecule has 3 aliphatic rings. The van der Waals surface area contributed by atoms with E-state index in [1.54, 1.807) is 0 Å². The number of nitrogens with one attached hydrogen (secondary N) is 1. The third-order valence-electron chi connectivity index (χ3n) is 6.18. The van der Waals surface area contributed by atoms with E-state index in [-0.39, 0.29) is 5.91 Å². The molecule has 154 valence electrons. The summed E-state index contributed by atoms with van der Waals surface area (Å²) in [6.07, 6.45) is 8.10. The third-order valence-corrected chi connectivity index (χ3v) is 6.18. The molecule has 0 radical (unpaired) electrons. The summed E-state index contributed by atoms with van der Waals surface area (Å²) in [4.78, 5) is 17.2. The first-order valence-corrected chi connectivity index (χ1v) is 10.9. The van der Waals surface area contributed by atoms with Crippen LogP contribution in [0.4, 0.5) is 0 Å². The van der Waals surface area contributed by atoms with Crippen LogP contribution in [0.2, 0.25) is 0 Å². The van der Waals surface area contributed by atoms with Crippen LogP contribution in [0.25, 0.3) is 0 Å². The highest BCUT2D eigenvalue weighted by Gasteiger charge is 2.20. The van der Waals surface area contributed by atoms with Crippen molar-refractivity contribution in [2.75, 3.05) is 39.5 Å². The van der Waals surface area contributed by atoms with E-state index in [1.165, 1.54) is 31.2 Å². The molecule has 0 spiro atoms. The molecule has 2 fully saturated rings. The van der Waals surface area contributed by atoms with Gasteiger partial charge in [0.15, 0.2) is 11.5 Å². The van der Waals surface area contributed by atoms with Crippen molar-refractivity contribution < 1.29 is 14.3 Å². The van der Waals surface area contributed by atoms with Gasteiger partial charge in [0.05, 0.1) is 0 Å². The summed E-state index contributed by atoms with van der Waals surface area (Å²) in [6, 6.07) is 6.62. The van der Waals surface area contributed by atoms with Gasteiger partial charge in [-0.15, -0.1) is 0 Å². The number of fused-ring (bicyclic) bond motifs is 1. The Morgan fingerprint density at radius 1 is 0.964 bits per heavy atom. The zero-order valence-electron chi connectivity index (χ0n) is 16.8. The fourth-order valence-electron chi connectivity index (χ4n) is 4.45. The number of carbonyl (C=O) groups excluding carboxylic acids is 1. The molecule has 2 heterocycles. The Morgan fingerprint density at radius 2 is 1.68 bits per heavy atom. The summed E-state index contributed by atoms with van der Waals surface area (Å²) in [5.41, 5.74) is 1.26. The summed E-state index contributed by atoms with van der Waals surface area (Å²) < 4.78 is 10.9. The molecule has 1 amide bonds. The monoisotopic (exact) mass is 387 g/mol. The van der Waals surface area contributed by atoms with E-state index < -0.39 is 0 Å². The second-order valence-corrected chi connectivity index (χ2v) is 8.31. The lowest BCUT2D eigenvalue weighted by Crippen LogP contribution is -2.47. The molecule has 2 aliphatic heterocycles. The van der Waals surface area contributed by atoms with Crippen molar-refractivity contribution in [2.24, 2.45) is 0 Å². The maximum absolute atomic E-state index is 12.3. The standard InChI is InChI=1S/C22H33N3O3/c26-22(23-19-5-3-1-2-4-6-19)9-10-24-11-13-25(14-12-24)16-18-7-8-20-21(15-18)28-17-27-20/h7-8,15,19H,1-6,9-14,16-17H2,(H,23,26). The molecule has 1 aliphatic carbocycles. The van der Waals surface area contributed by atoms with Crippen molar-refractivity contribution in [3.63, 3.8) is 0 Å². The third kappa shape index (κ3) is 5.39. The van der Waals surface area contributed by atoms with Crippen molar-refractivity contribution in [2.45, 2.75) is 57.5 Å². The maximum Gasteiger partial charge on any atom is 0.231 e. The van der Waals surface area contributed by atoms with Crippen molar-refractivity contribution in [3.05, 3.63) is 23.8 Å². The zero-order chi connectivity index (χ0) is 19.2. The minimum Gasteiger partial charge on any atom is -0.454 e. The number of hydrogen-bond donors (Lipinski definition) is 1. The molecule has 0 bridgehead atoms. The number of rotatable bonds is 6. The average molecular weight is 388 g/mol. The van der Waals surface area contributed by atoms with E-state index in [4.69, 9.17) is 9.47 Å². The molecule has 0 unspecified atom stereocenters. The fourth-order valence-corrected chi connectivity index (χ4v) is 4.45. The summed E-state index contributed by atoms with van der Waals surface area (Å²) in [5, 5.41) is 3.26. The van der Waals surface area contributed by atoms with Gasteiger partial charge in [0, 0.05) is 51.7 Å². The quantitative estimate of drug-likeness (QED) is 0.761. The van der Waals surface area contributed by atoms with Crippen LogP contribution in [0.1, 0.15) is 50.5 Å². The molecule has 1 N–H and O–H groups in total. The Hall–Kier alpha value is -1.79. The first kappa shape index (κ1) is 19.5. The van der Waals surface area contributed by atoms with Crippen LogP contribution in [0.3, 0.4) is 0 Å². The Labute approximate surface area is 168 Å². The van der Waals surface area contributed by atoms with Gasteiger partial charge in [-0.05, 0) is 30.5 Å². The van der Waals surface area contributed by atoms with Crippen molar-refractivity contribution >= 4 is 5.91 Å². The van der Waals surface area contributed by atoms with E-state index in [9.17, 15) is 4.79 Å². The van der Waals surface area contributed by atoms with E-state index >= 15 is 0 Å². The SMILES string of the molecule is O=C(CCN1CCN(Cc2ccc3c(c2)OCO3)CC1)NC1CCCCCC1. The maximum atomic E-state index is 12.3. The number of ether oxygens (including phenoxy) is 2.